The molecular weight excluding hydrogens is 228 g/mol. The zero-order valence-electron chi connectivity index (χ0n) is 10.8. The van der Waals surface area contributed by atoms with Gasteiger partial charge in [0.15, 0.2) is 5.89 Å². The first kappa shape index (κ1) is 12.4. The van der Waals surface area contributed by atoms with Gasteiger partial charge in [0.25, 0.3) is 0 Å². The number of anilines is 1. The molecule has 0 saturated carbocycles. The van der Waals surface area contributed by atoms with Crippen LogP contribution in [0.25, 0.3) is 0 Å². The Morgan fingerprint density at radius 3 is 2.72 bits per heavy atom. The number of nitrogens with one attached hydrogen (secondary N) is 1. The van der Waals surface area contributed by atoms with Gasteiger partial charge in [0.05, 0.1) is 12.1 Å². The van der Waals surface area contributed by atoms with E-state index in [1.165, 1.54) is 0 Å². The first-order valence-corrected chi connectivity index (χ1v) is 5.84. The van der Waals surface area contributed by atoms with Gasteiger partial charge in [0.1, 0.15) is 5.76 Å². The summed E-state index contributed by atoms with van der Waals surface area (Å²) in [7, 11) is 0. The molecule has 1 amide bonds. The molecule has 2 rings (SSSR count). The van der Waals surface area contributed by atoms with Gasteiger partial charge in [0, 0.05) is 12.6 Å². The van der Waals surface area contributed by atoms with Crippen LogP contribution in [0.15, 0.2) is 28.7 Å². The van der Waals surface area contributed by atoms with Gasteiger partial charge in [-0.1, -0.05) is 12.1 Å². The van der Waals surface area contributed by atoms with Crippen molar-refractivity contribution >= 4 is 11.6 Å². The number of aryl methyl sites for hydroxylation is 3. The summed E-state index contributed by atoms with van der Waals surface area (Å²) in [5, 5.41) is 2.84. The molecule has 4 heteroatoms. The highest BCUT2D eigenvalue weighted by molar-refractivity contribution is 5.92. The molecule has 0 saturated heterocycles. The monoisotopic (exact) mass is 244 g/mol. The fourth-order valence-corrected chi connectivity index (χ4v) is 1.81. The van der Waals surface area contributed by atoms with E-state index in [2.05, 4.69) is 10.3 Å². The number of hydrogen-bond acceptors (Lipinski definition) is 3. The molecule has 0 bridgehead atoms. The van der Waals surface area contributed by atoms with E-state index in [1.807, 2.05) is 38.1 Å². The molecule has 0 unspecified atom stereocenters. The number of oxazole rings is 1. The van der Waals surface area contributed by atoms with E-state index in [-0.39, 0.29) is 12.3 Å². The maximum Gasteiger partial charge on any atom is 0.232 e. The Kier molecular flexibility index (Phi) is 3.46. The van der Waals surface area contributed by atoms with Crippen LogP contribution in [0.3, 0.4) is 0 Å². The van der Waals surface area contributed by atoms with Gasteiger partial charge in [-0.3, -0.25) is 4.79 Å². The molecule has 1 N–H and O–H groups in total. The van der Waals surface area contributed by atoms with Gasteiger partial charge in [-0.2, -0.15) is 0 Å². The Labute approximate surface area is 106 Å². The molecule has 18 heavy (non-hydrogen) atoms. The number of carbonyl (C=O) groups excluding carboxylic acids is 1. The largest absolute Gasteiger partial charge is 0.445 e. The summed E-state index contributed by atoms with van der Waals surface area (Å²) >= 11 is 0. The van der Waals surface area contributed by atoms with Crippen molar-refractivity contribution in [2.45, 2.75) is 27.2 Å². The van der Waals surface area contributed by atoms with Crippen molar-refractivity contribution in [3.63, 3.8) is 0 Å². The summed E-state index contributed by atoms with van der Waals surface area (Å²) in [4.78, 5) is 16.0. The Balaban J connectivity index is 2.03. The smallest absolute Gasteiger partial charge is 0.232 e. The Hall–Kier alpha value is -2.10. The third kappa shape index (κ3) is 2.97. The van der Waals surface area contributed by atoms with Crippen molar-refractivity contribution in [3.05, 3.63) is 47.2 Å². The van der Waals surface area contributed by atoms with Crippen molar-refractivity contribution in [2.75, 3.05) is 5.32 Å². The number of aromatic nitrogens is 1. The summed E-state index contributed by atoms with van der Waals surface area (Å²) < 4.78 is 5.37. The molecule has 0 aliphatic heterocycles. The molecule has 4 nitrogen and oxygen atoms in total. The summed E-state index contributed by atoms with van der Waals surface area (Å²) in [6, 6.07) is 7.69. The first-order valence-electron chi connectivity index (χ1n) is 5.84. The van der Waals surface area contributed by atoms with Gasteiger partial charge in [-0.25, -0.2) is 4.98 Å². The number of hydrogen-bond donors (Lipinski definition) is 1. The molecule has 94 valence electrons. The van der Waals surface area contributed by atoms with Crippen LogP contribution < -0.4 is 5.32 Å². The van der Waals surface area contributed by atoms with Crippen molar-refractivity contribution < 1.29 is 9.21 Å². The molecule has 0 fully saturated rings. The molecular formula is C14H16N2O2. The molecule has 1 heterocycles. The van der Waals surface area contributed by atoms with E-state index >= 15 is 0 Å². The topological polar surface area (TPSA) is 55.1 Å². The molecule has 0 spiro atoms. The normalized spacial score (nSPS) is 10.4. The SMILES string of the molecule is Cc1cccc(NC(=O)Cc2oc(C)nc2C)c1. The average Bonchev–Trinajstić information content (AvgIpc) is 2.57. The second kappa shape index (κ2) is 5.04. The van der Waals surface area contributed by atoms with Gasteiger partial charge >= 0.3 is 0 Å². The number of nitrogens with zero attached hydrogens (tertiary/aromatic N) is 1. The lowest BCUT2D eigenvalue weighted by atomic mass is 10.2. The maximum absolute atomic E-state index is 11.9. The standard InChI is InChI=1S/C14H16N2O2/c1-9-5-4-6-12(7-9)16-14(17)8-13-10(2)15-11(3)18-13/h4-7H,8H2,1-3H3,(H,16,17). The van der Waals surface area contributed by atoms with Crippen molar-refractivity contribution in [1.82, 2.24) is 4.98 Å². The van der Waals surface area contributed by atoms with Crippen LogP contribution in [-0.4, -0.2) is 10.9 Å². The van der Waals surface area contributed by atoms with Crippen LogP contribution in [0.1, 0.15) is 22.9 Å². The summed E-state index contributed by atoms with van der Waals surface area (Å²) in [5.41, 5.74) is 2.68. The predicted molar refractivity (Wildman–Crippen MR) is 69.5 cm³/mol. The van der Waals surface area contributed by atoms with E-state index in [9.17, 15) is 4.79 Å². The van der Waals surface area contributed by atoms with Gasteiger partial charge in [0.2, 0.25) is 5.91 Å². The first-order chi connectivity index (χ1) is 8.54. The average molecular weight is 244 g/mol. The number of benzene rings is 1. The molecule has 0 aliphatic carbocycles. The van der Waals surface area contributed by atoms with Crippen LogP contribution in [0, 0.1) is 20.8 Å². The number of rotatable bonds is 3. The summed E-state index contributed by atoms with van der Waals surface area (Å²) in [6.45, 7) is 5.60. The van der Waals surface area contributed by atoms with E-state index in [0.717, 1.165) is 16.9 Å². The lowest BCUT2D eigenvalue weighted by Gasteiger charge is -2.04. The molecule has 0 aliphatic rings. The van der Waals surface area contributed by atoms with Crippen LogP contribution in [0.4, 0.5) is 5.69 Å². The molecule has 0 atom stereocenters. The quantitative estimate of drug-likeness (QED) is 0.903. The summed E-state index contributed by atoms with van der Waals surface area (Å²) in [5.74, 6) is 1.11. The van der Waals surface area contributed by atoms with Crippen molar-refractivity contribution in [3.8, 4) is 0 Å². The zero-order valence-corrected chi connectivity index (χ0v) is 10.8. The van der Waals surface area contributed by atoms with E-state index in [0.29, 0.717) is 11.7 Å². The van der Waals surface area contributed by atoms with Gasteiger partial charge < -0.3 is 9.73 Å². The van der Waals surface area contributed by atoms with Crippen molar-refractivity contribution in [2.24, 2.45) is 0 Å². The van der Waals surface area contributed by atoms with Crippen LogP contribution in [-0.2, 0) is 11.2 Å². The van der Waals surface area contributed by atoms with E-state index < -0.39 is 0 Å². The van der Waals surface area contributed by atoms with Crippen LogP contribution in [0.2, 0.25) is 0 Å². The highest BCUT2D eigenvalue weighted by Gasteiger charge is 2.11. The fourth-order valence-electron chi connectivity index (χ4n) is 1.81. The zero-order chi connectivity index (χ0) is 13.1. The Morgan fingerprint density at radius 1 is 1.33 bits per heavy atom. The van der Waals surface area contributed by atoms with Crippen LogP contribution >= 0.6 is 0 Å². The third-order valence-corrected chi connectivity index (χ3v) is 2.62. The minimum Gasteiger partial charge on any atom is -0.445 e. The minimum absolute atomic E-state index is 0.0974. The highest BCUT2D eigenvalue weighted by Crippen LogP contribution is 2.13. The molecule has 2 aromatic rings. The van der Waals surface area contributed by atoms with E-state index in [4.69, 9.17) is 4.42 Å². The fraction of sp³-hybridized carbons (Fsp3) is 0.286. The lowest BCUT2D eigenvalue weighted by molar-refractivity contribution is -0.115. The van der Waals surface area contributed by atoms with E-state index in [1.54, 1.807) is 6.92 Å². The van der Waals surface area contributed by atoms with Crippen LogP contribution in [0.5, 0.6) is 0 Å². The van der Waals surface area contributed by atoms with Gasteiger partial charge in [-0.15, -0.1) is 0 Å². The maximum atomic E-state index is 11.9. The molecule has 1 aromatic heterocycles. The number of carbonyl (C=O) groups is 1. The second-order valence-electron chi connectivity index (χ2n) is 4.34. The lowest BCUT2D eigenvalue weighted by Crippen LogP contribution is -2.14. The summed E-state index contributed by atoms with van der Waals surface area (Å²) in [6.07, 6.45) is 0.209. The molecule has 1 aromatic carbocycles. The van der Waals surface area contributed by atoms with Crippen molar-refractivity contribution in [1.29, 1.82) is 0 Å². The van der Waals surface area contributed by atoms with Gasteiger partial charge in [-0.05, 0) is 31.5 Å². The number of amides is 1. The highest BCUT2D eigenvalue weighted by atomic mass is 16.4. The third-order valence-electron chi connectivity index (χ3n) is 2.62. The second-order valence-corrected chi connectivity index (χ2v) is 4.34. The Bertz CT molecular complexity index is 573. The Morgan fingerprint density at radius 2 is 2.11 bits per heavy atom. The minimum atomic E-state index is -0.0974. The molecule has 0 radical (unpaired) electrons. The predicted octanol–water partition coefficient (Wildman–Crippen LogP) is 2.78.